The van der Waals surface area contributed by atoms with Crippen LogP contribution in [0.15, 0.2) is 29.2 Å². The quantitative estimate of drug-likeness (QED) is 0.759. The number of pyridine rings is 1. The van der Waals surface area contributed by atoms with Gasteiger partial charge in [0.15, 0.2) is 0 Å². The minimum atomic E-state index is -0.528. The Hall–Kier alpha value is -2.25. The van der Waals surface area contributed by atoms with Gasteiger partial charge < -0.3 is 4.98 Å². The van der Waals surface area contributed by atoms with Crippen LogP contribution in [0.3, 0.4) is 0 Å². The van der Waals surface area contributed by atoms with Crippen LogP contribution in [0.2, 0.25) is 5.02 Å². The highest BCUT2D eigenvalue weighted by Crippen LogP contribution is 2.23. The molecule has 2 heterocycles. The second kappa shape index (κ2) is 6.10. The zero-order chi connectivity index (χ0) is 16.6. The molecule has 3 rings (SSSR count). The Labute approximate surface area is 140 Å². The minimum Gasteiger partial charge on any atom is -0.359 e. The van der Waals surface area contributed by atoms with Gasteiger partial charge in [0.2, 0.25) is 10.6 Å². The molecule has 1 amide bonds. The van der Waals surface area contributed by atoms with Crippen LogP contribution >= 0.6 is 22.9 Å². The van der Waals surface area contributed by atoms with Crippen molar-refractivity contribution in [3.8, 4) is 0 Å². The fraction of sp³-hybridized carbons (Fsp3) is 0.200. The molecule has 0 radical (unpaired) electrons. The van der Waals surface area contributed by atoms with Gasteiger partial charge in [-0.1, -0.05) is 42.9 Å². The van der Waals surface area contributed by atoms with Gasteiger partial charge in [-0.3, -0.25) is 14.9 Å². The topological polar surface area (TPSA) is 87.7 Å². The summed E-state index contributed by atoms with van der Waals surface area (Å²) in [6.07, 6.45) is 1.36. The molecule has 0 aliphatic carbocycles. The van der Waals surface area contributed by atoms with Crippen LogP contribution in [-0.2, 0) is 0 Å². The maximum Gasteiger partial charge on any atom is 0.262 e. The lowest BCUT2D eigenvalue weighted by atomic mass is 10.1. The molecule has 0 bridgehead atoms. The number of amides is 1. The highest BCUT2D eigenvalue weighted by Gasteiger charge is 2.16. The number of aromatic amines is 1. The maximum atomic E-state index is 12.5. The number of anilines is 1. The van der Waals surface area contributed by atoms with Crippen LogP contribution in [-0.4, -0.2) is 21.1 Å². The van der Waals surface area contributed by atoms with E-state index in [-0.39, 0.29) is 16.9 Å². The van der Waals surface area contributed by atoms with E-state index in [2.05, 4.69) is 20.5 Å². The monoisotopic (exact) mass is 348 g/mol. The molecule has 118 valence electrons. The number of halogens is 1. The first kappa shape index (κ1) is 15.6. The van der Waals surface area contributed by atoms with Crippen LogP contribution in [0.5, 0.6) is 0 Å². The first-order valence-corrected chi connectivity index (χ1v) is 8.11. The molecule has 8 heteroatoms. The fourth-order valence-corrected chi connectivity index (χ4v) is 3.04. The summed E-state index contributed by atoms with van der Waals surface area (Å²) in [5, 5.41) is 12.5. The second-order valence-corrected chi connectivity index (χ2v) is 6.66. The van der Waals surface area contributed by atoms with E-state index in [4.69, 9.17) is 11.6 Å². The SMILES string of the molecule is CC(C)c1nnc(NC(=O)c2c[nH]c3c(Cl)cccc3c2=O)s1. The first-order chi connectivity index (χ1) is 11.0. The third-order valence-corrected chi connectivity index (χ3v) is 4.72. The number of hydrogen-bond donors (Lipinski definition) is 2. The van der Waals surface area contributed by atoms with Gasteiger partial charge >= 0.3 is 0 Å². The summed E-state index contributed by atoms with van der Waals surface area (Å²) in [4.78, 5) is 27.7. The Bertz CT molecular complexity index is 948. The normalized spacial score (nSPS) is 11.1. The van der Waals surface area contributed by atoms with Crippen molar-refractivity contribution >= 4 is 44.9 Å². The van der Waals surface area contributed by atoms with Gasteiger partial charge in [-0.15, -0.1) is 10.2 Å². The zero-order valence-corrected chi connectivity index (χ0v) is 14.0. The number of rotatable bonds is 3. The summed E-state index contributed by atoms with van der Waals surface area (Å²) in [5.74, 6) is -0.302. The zero-order valence-electron chi connectivity index (χ0n) is 12.4. The van der Waals surface area contributed by atoms with Gasteiger partial charge in [-0.2, -0.15) is 0 Å². The molecule has 3 aromatic rings. The van der Waals surface area contributed by atoms with Crippen LogP contribution in [0, 0.1) is 0 Å². The number of benzene rings is 1. The average molecular weight is 349 g/mol. The Kier molecular flexibility index (Phi) is 4.14. The number of fused-ring (bicyclic) bond motifs is 1. The van der Waals surface area contributed by atoms with Gasteiger partial charge in [0, 0.05) is 17.5 Å². The van der Waals surface area contributed by atoms with Crippen molar-refractivity contribution in [1.82, 2.24) is 15.2 Å². The smallest absolute Gasteiger partial charge is 0.262 e. The Morgan fingerprint density at radius 3 is 2.83 bits per heavy atom. The molecule has 0 fully saturated rings. The highest BCUT2D eigenvalue weighted by molar-refractivity contribution is 7.15. The molecule has 0 unspecified atom stereocenters. The Balaban J connectivity index is 1.94. The van der Waals surface area contributed by atoms with Gasteiger partial charge in [0.05, 0.1) is 10.5 Å². The molecule has 23 heavy (non-hydrogen) atoms. The standard InChI is InChI=1S/C15H13ClN4O2S/c1-7(2)14-19-20-15(23-14)18-13(22)9-6-17-11-8(12(9)21)4-3-5-10(11)16/h3-7H,1-2H3,(H,17,21)(H,18,20,22). The summed E-state index contributed by atoms with van der Waals surface area (Å²) < 4.78 is 0. The predicted molar refractivity (Wildman–Crippen MR) is 91.5 cm³/mol. The van der Waals surface area contributed by atoms with Crippen molar-refractivity contribution in [2.24, 2.45) is 0 Å². The summed E-state index contributed by atoms with van der Waals surface area (Å²) in [5.41, 5.74) is 0.127. The first-order valence-electron chi connectivity index (χ1n) is 6.92. The molecular formula is C15H13ClN4O2S. The summed E-state index contributed by atoms with van der Waals surface area (Å²) in [7, 11) is 0. The van der Waals surface area contributed by atoms with Crippen LogP contribution in [0.1, 0.15) is 35.1 Å². The van der Waals surface area contributed by atoms with Crippen molar-refractivity contribution in [3.05, 3.63) is 50.2 Å². The lowest BCUT2D eigenvalue weighted by Crippen LogP contribution is -2.21. The summed E-state index contributed by atoms with van der Waals surface area (Å²) >= 11 is 7.32. The van der Waals surface area contributed by atoms with Crippen molar-refractivity contribution in [2.75, 3.05) is 5.32 Å². The number of hydrogen-bond acceptors (Lipinski definition) is 5. The van der Waals surface area contributed by atoms with Crippen molar-refractivity contribution in [1.29, 1.82) is 0 Å². The molecule has 0 aliphatic rings. The van der Waals surface area contributed by atoms with E-state index in [9.17, 15) is 9.59 Å². The number of aromatic nitrogens is 3. The lowest BCUT2D eigenvalue weighted by molar-refractivity contribution is 0.102. The Morgan fingerprint density at radius 1 is 1.35 bits per heavy atom. The molecule has 0 spiro atoms. The van der Waals surface area contributed by atoms with E-state index in [0.29, 0.717) is 21.1 Å². The molecular weight excluding hydrogens is 336 g/mol. The molecule has 0 saturated heterocycles. The number of carbonyl (C=O) groups excluding carboxylic acids is 1. The van der Waals surface area contributed by atoms with E-state index < -0.39 is 5.91 Å². The van der Waals surface area contributed by atoms with E-state index >= 15 is 0 Å². The van der Waals surface area contributed by atoms with Crippen molar-refractivity contribution in [2.45, 2.75) is 19.8 Å². The summed E-state index contributed by atoms with van der Waals surface area (Å²) in [6, 6.07) is 4.97. The number of carbonyl (C=O) groups is 1. The van der Waals surface area contributed by atoms with Gasteiger partial charge in [0.1, 0.15) is 10.6 Å². The fourth-order valence-electron chi connectivity index (χ4n) is 2.07. The largest absolute Gasteiger partial charge is 0.359 e. The van der Waals surface area contributed by atoms with Crippen molar-refractivity contribution in [3.63, 3.8) is 0 Å². The minimum absolute atomic E-state index is 0.000985. The number of para-hydroxylation sites is 1. The number of nitrogens with one attached hydrogen (secondary N) is 2. The van der Waals surface area contributed by atoms with E-state index in [1.807, 2.05) is 13.8 Å². The molecule has 6 nitrogen and oxygen atoms in total. The van der Waals surface area contributed by atoms with Crippen LogP contribution < -0.4 is 10.7 Å². The van der Waals surface area contributed by atoms with Gasteiger partial charge in [0.25, 0.3) is 5.91 Å². The average Bonchev–Trinajstić information content (AvgIpc) is 2.97. The number of nitrogens with zero attached hydrogens (tertiary/aromatic N) is 2. The summed E-state index contributed by atoms with van der Waals surface area (Å²) in [6.45, 7) is 3.98. The third kappa shape index (κ3) is 2.97. The van der Waals surface area contributed by atoms with Crippen LogP contribution in [0.25, 0.3) is 10.9 Å². The van der Waals surface area contributed by atoms with E-state index in [1.165, 1.54) is 17.5 Å². The van der Waals surface area contributed by atoms with E-state index in [1.54, 1.807) is 18.2 Å². The molecule has 2 aromatic heterocycles. The van der Waals surface area contributed by atoms with Crippen LogP contribution in [0.4, 0.5) is 5.13 Å². The predicted octanol–water partition coefficient (Wildman–Crippen LogP) is 3.41. The van der Waals surface area contributed by atoms with E-state index in [0.717, 1.165) is 5.01 Å². The number of H-pyrrole nitrogens is 1. The molecule has 1 aromatic carbocycles. The van der Waals surface area contributed by atoms with Gasteiger partial charge in [-0.25, -0.2) is 0 Å². The third-order valence-electron chi connectivity index (χ3n) is 3.26. The maximum absolute atomic E-state index is 12.5. The highest BCUT2D eigenvalue weighted by atomic mass is 35.5. The van der Waals surface area contributed by atoms with Crippen molar-refractivity contribution < 1.29 is 4.79 Å². The Morgan fingerprint density at radius 2 is 2.13 bits per heavy atom. The molecule has 0 saturated carbocycles. The second-order valence-electron chi connectivity index (χ2n) is 5.25. The molecule has 0 aliphatic heterocycles. The molecule has 0 atom stereocenters. The van der Waals surface area contributed by atoms with Gasteiger partial charge in [-0.05, 0) is 12.1 Å². The molecule has 2 N–H and O–H groups in total. The lowest BCUT2D eigenvalue weighted by Gasteiger charge is -2.04.